The molecule has 0 fully saturated rings. The maximum absolute atomic E-state index is 6.08. The van der Waals surface area contributed by atoms with Crippen LogP contribution in [0.3, 0.4) is 0 Å². The number of halogens is 2. The molecule has 0 aliphatic heterocycles. The zero-order valence-electron chi connectivity index (χ0n) is 10.4. The van der Waals surface area contributed by atoms with E-state index in [0.717, 1.165) is 20.9 Å². The summed E-state index contributed by atoms with van der Waals surface area (Å²) < 4.78 is 2.50. The number of aromatic nitrogens is 3. The Hall–Kier alpha value is -0.910. The first-order valence-corrected chi connectivity index (χ1v) is 6.70. The second kappa shape index (κ2) is 5.38. The summed E-state index contributed by atoms with van der Waals surface area (Å²) in [6, 6.07) is 5.87. The number of rotatable bonds is 3. The molecule has 0 aliphatic rings. The third-order valence-electron chi connectivity index (χ3n) is 2.94. The van der Waals surface area contributed by atoms with Crippen LogP contribution in [0.15, 0.2) is 22.8 Å². The van der Waals surface area contributed by atoms with Gasteiger partial charge in [0.15, 0.2) is 4.60 Å². The minimum absolute atomic E-state index is 0.00178. The van der Waals surface area contributed by atoms with Gasteiger partial charge in [-0.3, -0.25) is 0 Å². The van der Waals surface area contributed by atoms with E-state index in [-0.39, 0.29) is 6.04 Å². The first-order valence-electron chi connectivity index (χ1n) is 5.53. The number of nitrogens with one attached hydrogen (secondary N) is 1. The Balaban J connectivity index is 2.55. The Bertz CT molecular complexity index is 548. The summed E-state index contributed by atoms with van der Waals surface area (Å²) in [5.41, 5.74) is 3.27. The number of nitrogens with zero attached hydrogens (tertiary/aromatic N) is 3. The molecular weight excluding hydrogens is 316 g/mol. The number of hydrogen-bond acceptors (Lipinski definition) is 3. The van der Waals surface area contributed by atoms with Gasteiger partial charge in [-0.05, 0) is 53.2 Å². The van der Waals surface area contributed by atoms with Crippen molar-refractivity contribution in [2.24, 2.45) is 7.05 Å². The highest BCUT2D eigenvalue weighted by atomic mass is 79.9. The van der Waals surface area contributed by atoms with E-state index in [0.29, 0.717) is 0 Å². The molecule has 4 nitrogen and oxygen atoms in total. The minimum atomic E-state index is -0.00178. The molecule has 18 heavy (non-hydrogen) atoms. The molecule has 0 radical (unpaired) electrons. The van der Waals surface area contributed by atoms with Crippen LogP contribution in [0.4, 0.5) is 0 Å². The van der Waals surface area contributed by atoms with Crippen LogP contribution < -0.4 is 5.32 Å². The maximum Gasteiger partial charge on any atom is 0.153 e. The van der Waals surface area contributed by atoms with Gasteiger partial charge in [0.25, 0.3) is 0 Å². The minimum Gasteiger partial charge on any atom is -0.308 e. The molecule has 0 bridgehead atoms. The third-order valence-corrected chi connectivity index (χ3v) is 3.74. The Labute approximate surface area is 119 Å². The van der Waals surface area contributed by atoms with Gasteiger partial charge in [-0.15, -0.1) is 5.10 Å². The lowest BCUT2D eigenvalue weighted by Crippen LogP contribution is -2.22. The van der Waals surface area contributed by atoms with Crippen molar-refractivity contribution in [1.29, 1.82) is 0 Å². The van der Waals surface area contributed by atoms with Crippen LogP contribution in [-0.2, 0) is 7.05 Å². The van der Waals surface area contributed by atoms with E-state index in [1.54, 1.807) is 4.68 Å². The van der Waals surface area contributed by atoms with Gasteiger partial charge in [-0.2, -0.15) is 0 Å². The first kappa shape index (κ1) is 13.5. The monoisotopic (exact) mass is 328 g/mol. The van der Waals surface area contributed by atoms with Crippen molar-refractivity contribution in [3.63, 3.8) is 0 Å². The molecule has 0 saturated carbocycles. The molecule has 0 spiro atoms. The molecule has 0 saturated heterocycles. The fraction of sp³-hybridized carbons (Fsp3) is 0.333. The average Bonchev–Trinajstić information content (AvgIpc) is 2.66. The smallest absolute Gasteiger partial charge is 0.153 e. The Morgan fingerprint density at radius 1 is 1.44 bits per heavy atom. The van der Waals surface area contributed by atoms with Crippen LogP contribution >= 0.6 is 27.5 Å². The topological polar surface area (TPSA) is 42.7 Å². The van der Waals surface area contributed by atoms with Gasteiger partial charge in [-0.1, -0.05) is 22.9 Å². The highest BCUT2D eigenvalue weighted by Gasteiger charge is 2.22. The molecule has 96 valence electrons. The Morgan fingerprint density at radius 3 is 2.72 bits per heavy atom. The van der Waals surface area contributed by atoms with E-state index < -0.39 is 0 Å². The van der Waals surface area contributed by atoms with Crippen molar-refractivity contribution in [3.05, 3.63) is 44.6 Å². The Kier molecular flexibility index (Phi) is 4.04. The highest BCUT2D eigenvalue weighted by Crippen LogP contribution is 2.30. The van der Waals surface area contributed by atoms with Crippen molar-refractivity contribution in [1.82, 2.24) is 20.3 Å². The van der Waals surface area contributed by atoms with E-state index >= 15 is 0 Å². The van der Waals surface area contributed by atoms with E-state index in [1.165, 1.54) is 5.56 Å². The van der Waals surface area contributed by atoms with Crippen LogP contribution in [0.5, 0.6) is 0 Å². The highest BCUT2D eigenvalue weighted by molar-refractivity contribution is 9.10. The van der Waals surface area contributed by atoms with Crippen molar-refractivity contribution >= 4 is 27.5 Å². The fourth-order valence-corrected chi connectivity index (χ4v) is 2.74. The number of aryl methyl sites for hydroxylation is 2. The SMILES string of the molecule is CNC(c1cc(Cl)ccc1C)c1c(Br)nnn1C. The Morgan fingerprint density at radius 2 is 2.17 bits per heavy atom. The normalized spacial score (nSPS) is 12.7. The summed E-state index contributed by atoms with van der Waals surface area (Å²) in [6.45, 7) is 2.06. The predicted octanol–water partition coefficient (Wildman–Crippen LogP) is 2.85. The largest absolute Gasteiger partial charge is 0.308 e. The van der Waals surface area contributed by atoms with E-state index in [1.807, 2.05) is 32.3 Å². The molecule has 0 amide bonds. The molecule has 6 heteroatoms. The summed E-state index contributed by atoms with van der Waals surface area (Å²) >= 11 is 9.51. The summed E-state index contributed by atoms with van der Waals surface area (Å²) in [6.07, 6.45) is 0. The zero-order valence-corrected chi connectivity index (χ0v) is 12.7. The lowest BCUT2D eigenvalue weighted by molar-refractivity contribution is 0.595. The quantitative estimate of drug-likeness (QED) is 0.941. The van der Waals surface area contributed by atoms with Crippen molar-refractivity contribution in [3.8, 4) is 0 Å². The molecule has 1 unspecified atom stereocenters. The maximum atomic E-state index is 6.08. The van der Waals surface area contributed by atoms with Crippen LogP contribution in [0, 0.1) is 6.92 Å². The van der Waals surface area contributed by atoms with Gasteiger partial charge in [-0.25, -0.2) is 4.68 Å². The molecule has 1 heterocycles. The molecule has 1 aromatic carbocycles. The molecule has 0 aliphatic carbocycles. The van der Waals surface area contributed by atoms with Crippen LogP contribution in [0.25, 0.3) is 0 Å². The van der Waals surface area contributed by atoms with Crippen LogP contribution in [0.2, 0.25) is 5.02 Å². The molecule has 2 aromatic rings. The predicted molar refractivity (Wildman–Crippen MR) is 75.8 cm³/mol. The first-order chi connectivity index (χ1) is 8.54. The summed E-state index contributed by atoms with van der Waals surface area (Å²) in [5.74, 6) is 0. The molecular formula is C12H14BrClN4. The molecule has 2 rings (SSSR count). The van der Waals surface area contributed by atoms with Gasteiger partial charge in [0.2, 0.25) is 0 Å². The van der Waals surface area contributed by atoms with E-state index in [2.05, 4.69) is 38.5 Å². The van der Waals surface area contributed by atoms with Gasteiger partial charge in [0.05, 0.1) is 11.7 Å². The summed E-state index contributed by atoms with van der Waals surface area (Å²) in [5, 5.41) is 12.0. The second-order valence-corrected chi connectivity index (χ2v) is 5.30. The lowest BCUT2D eigenvalue weighted by Gasteiger charge is -2.19. The van der Waals surface area contributed by atoms with Gasteiger partial charge < -0.3 is 5.32 Å². The molecule has 1 N–H and O–H groups in total. The zero-order chi connectivity index (χ0) is 13.3. The second-order valence-electron chi connectivity index (χ2n) is 4.11. The lowest BCUT2D eigenvalue weighted by atomic mass is 9.99. The number of hydrogen-bond donors (Lipinski definition) is 1. The van der Waals surface area contributed by atoms with Crippen molar-refractivity contribution in [2.75, 3.05) is 7.05 Å². The van der Waals surface area contributed by atoms with E-state index in [4.69, 9.17) is 11.6 Å². The van der Waals surface area contributed by atoms with Gasteiger partial charge in [0, 0.05) is 12.1 Å². The van der Waals surface area contributed by atoms with Crippen LogP contribution in [0.1, 0.15) is 22.9 Å². The summed E-state index contributed by atoms with van der Waals surface area (Å²) in [4.78, 5) is 0. The van der Waals surface area contributed by atoms with Crippen molar-refractivity contribution < 1.29 is 0 Å². The summed E-state index contributed by atoms with van der Waals surface area (Å²) in [7, 11) is 3.78. The molecule has 1 aromatic heterocycles. The molecule has 1 atom stereocenters. The standard InChI is InChI=1S/C12H14BrClN4/c1-7-4-5-8(14)6-9(7)10(15-2)11-12(13)16-17-18(11)3/h4-6,10,15H,1-3H3. The third kappa shape index (κ3) is 2.43. The average molecular weight is 330 g/mol. The van der Waals surface area contributed by atoms with Gasteiger partial charge >= 0.3 is 0 Å². The van der Waals surface area contributed by atoms with E-state index in [9.17, 15) is 0 Å². The fourth-order valence-electron chi connectivity index (χ4n) is 2.01. The van der Waals surface area contributed by atoms with Gasteiger partial charge in [0.1, 0.15) is 0 Å². The number of benzene rings is 1. The van der Waals surface area contributed by atoms with Crippen LogP contribution in [-0.4, -0.2) is 22.0 Å². The van der Waals surface area contributed by atoms with Crippen molar-refractivity contribution in [2.45, 2.75) is 13.0 Å².